The van der Waals surface area contributed by atoms with E-state index in [0.29, 0.717) is 0 Å². The SMILES string of the molecule is C.CC(C)(C)[n+]1ccsc1.CC(C)(C)c1ccns1.CC(C)(C)c1cnsc1. The number of nitrogens with zero attached hydrogens (tertiary/aromatic N) is 3. The molecule has 158 valence electrons. The summed E-state index contributed by atoms with van der Waals surface area (Å²) in [6.07, 6.45) is 5.89. The summed E-state index contributed by atoms with van der Waals surface area (Å²) >= 11 is 4.83. The maximum absolute atomic E-state index is 4.03. The summed E-state index contributed by atoms with van der Waals surface area (Å²) in [4.78, 5) is 1.35. The van der Waals surface area contributed by atoms with Gasteiger partial charge in [-0.1, -0.05) is 60.3 Å². The molecule has 0 saturated carbocycles. The van der Waals surface area contributed by atoms with Gasteiger partial charge in [-0.05, 0) is 45.5 Å². The molecule has 0 amide bonds. The maximum atomic E-state index is 4.03. The van der Waals surface area contributed by atoms with Gasteiger partial charge in [0.25, 0.3) is 0 Å². The van der Waals surface area contributed by atoms with Crippen LogP contribution in [0, 0.1) is 0 Å². The zero-order valence-electron chi connectivity index (χ0n) is 18.1. The fourth-order valence-corrected chi connectivity index (χ4v) is 3.98. The van der Waals surface area contributed by atoms with Crippen LogP contribution in [0.2, 0.25) is 0 Å². The molecular weight excluding hydrogens is 402 g/mol. The molecule has 0 aliphatic carbocycles. The standard InChI is InChI=1S/C7H11NS.C7H12NS.C7H11NS.CH4/c1-7(2,3)6-4-8-9-5-6;1-7(2,3)8-4-5-9-6-8;1-7(2,3)6-4-5-8-9-6;/h4-5H,1-3H3;4-6H,1-3H3;4-5H,1-3H3;1H4/q;+1;;. The zero-order valence-corrected chi connectivity index (χ0v) is 20.6. The second kappa shape index (κ2) is 11.2. The Bertz CT molecular complexity index is 619. The molecule has 0 atom stereocenters. The number of aromatic nitrogens is 3. The van der Waals surface area contributed by atoms with Gasteiger partial charge in [0.1, 0.15) is 0 Å². The number of hydrogen-bond acceptors (Lipinski definition) is 5. The molecule has 0 saturated heterocycles. The predicted octanol–water partition coefficient (Wildman–Crippen LogP) is 7.31. The second-order valence-electron chi connectivity index (χ2n) is 9.39. The average molecular weight is 441 g/mol. The molecule has 0 N–H and O–H groups in total. The molecule has 3 rings (SSSR count). The molecule has 0 spiro atoms. The van der Waals surface area contributed by atoms with Crippen molar-refractivity contribution in [2.75, 3.05) is 0 Å². The summed E-state index contributed by atoms with van der Waals surface area (Å²) in [7, 11) is 0. The maximum Gasteiger partial charge on any atom is 0.225 e. The highest BCUT2D eigenvalue weighted by molar-refractivity contribution is 7.07. The van der Waals surface area contributed by atoms with Crippen LogP contribution >= 0.6 is 34.4 Å². The molecule has 0 unspecified atom stereocenters. The van der Waals surface area contributed by atoms with Gasteiger partial charge in [-0.15, -0.1) is 0 Å². The summed E-state index contributed by atoms with van der Waals surface area (Å²) in [5.41, 5.74) is 4.25. The van der Waals surface area contributed by atoms with Crippen molar-refractivity contribution in [2.45, 2.75) is 86.1 Å². The third-order valence-electron chi connectivity index (χ3n) is 3.72. The van der Waals surface area contributed by atoms with Crippen LogP contribution in [0.15, 0.2) is 40.9 Å². The Labute approximate surface area is 184 Å². The topological polar surface area (TPSA) is 29.7 Å². The van der Waals surface area contributed by atoms with Crippen LogP contribution in [0.25, 0.3) is 0 Å². The fraction of sp³-hybridized carbons (Fsp3) is 0.591. The molecule has 0 fully saturated rings. The van der Waals surface area contributed by atoms with Crippen LogP contribution in [0.4, 0.5) is 0 Å². The molecule has 3 heterocycles. The fourth-order valence-electron chi connectivity index (χ4n) is 1.80. The summed E-state index contributed by atoms with van der Waals surface area (Å²) < 4.78 is 10.3. The first kappa shape index (κ1) is 26.9. The van der Waals surface area contributed by atoms with Crippen molar-refractivity contribution < 1.29 is 4.57 Å². The van der Waals surface area contributed by atoms with E-state index in [1.807, 2.05) is 12.4 Å². The molecule has 28 heavy (non-hydrogen) atoms. The Kier molecular flexibility index (Phi) is 10.7. The Hall–Kier alpha value is -1.11. The lowest BCUT2D eigenvalue weighted by Crippen LogP contribution is -2.47. The summed E-state index contributed by atoms with van der Waals surface area (Å²) in [5, 5.41) is 4.19. The summed E-state index contributed by atoms with van der Waals surface area (Å²) in [6, 6.07) is 2.07. The number of hydrogen-bond donors (Lipinski definition) is 0. The smallest absolute Gasteiger partial charge is 0.201 e. The van der Waals surface area contributed by atoms with Gasteiger partial charge in [0.05, 0.1) is 5.38 Å². The minimum Gasteiger partial charge on any atom is -0.201 e. The van der Waals surface area contributed by atoms with Crippen molar-refractivity contribution in [2.24, 2.45) is 0 Å². The third kappa shape index (κ3) is 9.89. The van der Waals surface area contributed by atoms with Crippen LogP contribution in [0.1, 0.15) is 80.2 Å². The Balaban J connectivity index is 0.000000384. The minimum atomic E-state index is 0. The lowest BCUT2D eigenvalue weighted by atomic mass is 9.90. The normalized spacial score (nSPS) is 11.5. The van der Waals surface area contributed by atoms with E-state index in [9.17, 15) is 0 Å². The Morgan fingerprint density at radius 1 is 0.893 bits per heavy atom. The Morgan fingerprint density at radius 2 is 1.54 bits per heavy atom. The molecule has 6 heteroatoms. The van der Waals surface area contributed by atoms with E-state index >= 15 is 0 Å². The van der Waals surface area contributed by atoms with Gasteiger partial charge in [0.15, 0.2) is 11.7 Å². The molecular formula is C22H38N3S3+. The van der Waals surface area contributed by atoms with E-state index in [0.717, 1.165) is 0 Å². The van der Waals surface area contributed by atoms with E-state index in [1.165, 1.54) is 22.0 Å². The van der Waals surface area contributed by atoms with E-state index in [-0.39, 0.29) is 23.8 Å². The molecule has 0 aromatic carbocycles. The van der Waals surface area contributed by atoms with Crippen LogP contribution in [-0.2, 0) is 16.4 Å². The van der Waals surface area contributed by atoms with Gasteiger partial charge < -0.3 is 0 Å². The predicted molar refractivity (Wildman–Crippen MR) is 128 cm³/mol. The highest BCUT2D eigenvalue weighted by Gasteiger charge is 2.20. The van der Waals surface area contributed by atoms with E-state index in [2.05, 4.69) is 104 Å². The van der Waals surface area contributed by atoms with Gasteiger partial charge >= 0.3 is 0 Å². The molecule has 3 nitrogen and oxygen atoms in total. The van der Waals surface area contributed by atoms with Gasteiger partial charge in [-0.25, -0.2) is 8.75 Å². The van der Waals surface area contributed by atoms with Crippen molar-refractivity contribution in [3.63, 3.8) is 0 Å². The van der Waals surface area contributed by atoms with Gasteiger partial charge in [-0.3, -0.25) is 0 Å². The molecule has 0 bridgehead atoms. The molecule has 3 aromatic heterocycles. The third-order valence-corrected chi connectivity index (χ3v) is 6.11. The van der Waals surface area contributed by atoms with Crippen LogP contribution in [0.5, 0.6) is 0 Å². The van der Waals surface area contributed by atoms with Gasteiger partial charge in [0, 0.05) is 43.4 Å². The molecule has 3 aromatic rings. The first-order valence-electron chi connectivity index (χ1n) is 9.07. The van der Waals surface area contributed by atoms with Crippen molar-refractivity contribution in [3.8, 4) is 0 Å². The minimum absolute atomic E-state index is 0. The zero-order chi connectivity index (χ0) is 20.7. The van der Waals surface area contributed by atoms with Gasteiger partial charge in [0.2, 0.25) is 5.51 Å². The molecule has 0 aliphatic rings. The summed E-state index contributed by atoms with van der Waals surface area (Å²) in [5.74, 6) is 0. The van der Waals surface area contributed by atoms with Gasteiger partial charge in [-0.2, -0.15) is 4.57 Å². The van der Waals surface area contributed by atoms with Crippen molar-refractivity contribution in [1.82, 2.24) is 8.75 Å². The second-order valence-corrected chi connectivity index (χ2v) is 11.6. The van der Waals surface area contributed by atoms with Crippen molar-refractivity contribution in [1.29, 1.82) is 0 Å². The quantitative estimate of drug-likeness (QED) is 0.343. The molecule has 0 radical (unpaired) electrons. The monoisotopic (exact) mass is 440 g/mol. The first-order valence-corrected chi connectivity index (χ1v) is 11.6. The van der Waals surface area contributed by atoms with Crippen LogP contribution < -0.4 is 4.57 Å². The number of thiazole rings is 1. The lowest BCUT2D eigenvalue weighted by Gasteiger charge is -2.14. The molecule has 0 aliphatic heterocycles. The van der Waals surface area contributed by atoms with Crippen LogP contribution in [0.3, 0.4) is 0 Å². The number of rotatable bonds is 0. The van der Waals surface area contributed by atoms with Crippen molar-refractivity contribution >= 4 is 34.4 Å². The highest BCUT2D eigenvalue weighted by atomic mass is 32.1. The highest BCUT2D eigenvalue weighted by Crippen LogP contribution is 2.24. The van der Waals surface area contributed by atoms with E-state index in [4.69, 9.17) is 0 Å². The summed E-state index contributed by atoms with van der Waals surface area (Å²) in [6.45, 7) is 19.7. The van der Waals surface area contributed by atoms with E-state index in [1.54, 1.807) is 22.9 Å². The van der Waals surface area contributed by atoms with Crippen molar-refractivity contribution in [3.05, 3.63) is 51.4 Å². The average Bonchev–Trinajstić information content (AvgIpc) is 3.28. The Morgan fingerprint density at radius 3 is 1.75 bits per heavy atom. The lowest BCUT2D eigenvalue weighted by molar-refractivity contribution is -0.749. The first-order chi connectivity index (χ1) is 12.3. The largest absolute Gasteiger partial charge is 0.225 e. The van der Waals surface area contributed by atoms with E-state index < -0.39 is 0 Å². The van der Waals surface area contributed by atoms with Crippen LogP contribution in [-0.4, -0.2) is 8.75 Å².